The molecule has 2 aromatic carbocycles. The predicted molar refractivity (Wildman–Crippen MR) is 95.5 cm³/mol. The summed E-state index contributed by atoms with van der Waals surface area (Å²) in [5.74, 6) is 0. The number of aromatic nitrogens is 1. The van der Waals surface area contributed by atoms with Crippen molar-refractivity contribution in [2.24, 2.45) is 0 Å². The first-order valence-corrected chi connectivity index (χ1v) is 8.26. The molecule has 3 heteroatoms. The Kier molecular flexibility index (Phi) is 5.11. The summed E-state index contributed by atoms with van der Waals surface area (Å²) in [6, 6.07) is 19.2. The fourth-order valence-corrected chi connectivity index (χ4v) is 2.97. The number of aliphatic hydroxyl groups excluding tert-OH is 1. The first kappa shape index (κ1) is 15.8. The highest BCUT2D eigenvalue weighted by Gasteiger charge is 2.10. The number of nitrogens with one attached hydrogen (secondary N) is 1. The molecule has 0 spiro atoms. The van der Waals surface area contributed by atoms with E-state index in [1.54, 1.807) is 0 Å². The number of para-hydroxylation sites is 1. The first-order chi connectivity index (χ1) is 11.3. The molecular weight excluding hydrogens is 284 g/mol. The summed E-state index contributed by atoms with van der Waals surface area (Å²) in [5, 5.41) is 14.1. The van der Waals surface area contributed by atoms with Gasteiger partial charge in [-0.25, -0.2) is 0 Å². The number of fused-ring (bicyclic) bond motifs is 1. The largest absolute Gasteiger partial charge is 0.395 e. The normalized spacial score (nSPS) is 12.6. The lowest BCUT2D eigenvalue weighted by molar-refractivity contribution is 0.238. The maximum atomic E-state index is 9.35. The first-order valence-electron chi connectivity index (χ1n) is 8.26. The third-order valence-electron chi connectivity index (χ3n) is 4.36. The highest BCUT2D eigenvalue weighted by molar-refractivity contribution is 5.84. The highest BCUT2D eigenvalue weighted by Crippen LogP contribution is 2.22. The molecule has 3 aromatic rings. The van der Waals surface area contributed by atoms with Crippen LogP contribution in [0.25, 0.3) is 10.9 Å². The van der Waals surface area contributed by atoms with Gasteiger partial charge in [0.25, 0.3) is 0 Å². The van der Waals surface area contributed by atoms with Crippen LogP contribution in [0.1, 0.15) is 24.5 Å². The lowest BCUT2D eigenvalue weighted by Gasteiger charge is -2.13. The molecule has 0 fully saturated rings. The molecule has 0 unspecified atom stereocenters. The fourth-order valence-electron chi connectivity index (χ4n) is 2.97. The molecule has 0 bridgehead atoms. The van der Waals surface area contributed by atoms with Gasteiger partial charge in [-0.2, -0.15) is 0 Å². The van der Waals surface area contributed by atoms with E-state index in [0.717, 1.165) is 19.5 Å². The van der Waals surface area contributed by atoms with Crippen molar-refractivity contribution >= 4 is 10.9 Å². The zero-order valence-electron chi connectivity index (χ0n) is 13.6. The van der Waals surface area contributed by atoms with Gasteiger partial charge in [0.05, 0.1) is 6.61 Å². The van der Waals surface area contributed by atoms with Gasteiger partial charge in [0.2, 0.25) is 0 Å². The SMILES string of the molecule is CC[C@H](CO)NCc1cn(Cc2ccccc2)c2ccccc12. The van der Waals surface area contributed by atoms with E-state index in [1.807, 2.05) is 6.07 Å². The lowest BCUT2D eigenvalue weighted by atomic mass is 10.1. The number of hydrogen-bond acceptors (Lipinski definition) is 2. The Bertz CT molecular complexity index is 745. The van der Waals surface area contributed by atoms with Crippen molar-refractivity contribution < 1.29 is 5.11 Å². The minimum Gasteiger partial charge on any atom is -0.395 e. The average Bonchev–Trinajstić information content (AvgIpc) is 2.95. The van der Waals surface area contributed by atoms with Crippen molar-refractivity contribution in [3.63, 3.8) is 0 Å². The second kappa shape index (κ2) is 7.44. The van der Waals surface area contributed by atoms with Crippen LogP contribution in [-0.4, -0.2) is 22.3 Å². The van der Waals surface area contributed by atoms with Crippen LogP contribution in [0.2, 0.25) is 0 Å². The van der Waals surface area contributed by atoms with E-state index < -0.39 is 0 Å². The van der Waals surface area contributed by atoms with Gasteiger partial charge >= 0.3 is 0 Å². The molecule has 2 N–H and O–H groups in total. The molecule has 120 valence electrons. The molecule has 1 aromatic heterocycles. The number of nitrogens with zero attached hydrogens (tertiary/aromatic N) is 1. The van der Waals surface area contributed by atoms with Crippen LogP contribution in [0.3, 0.4) is 0 Å². The molecule has 1 atom stereocenters. The van der Waals surface area contributed by atoms with Crippen molar-refractivity contribution in [1.82, 2.24) is 9.88 Å². The van der Waals surface area contributed by atoms with Crippen LogP contribution < -0.4 is 5.32 Å². The van der Waals surface area contributed by atoms with Crippen molar-refractivity contribution in [3.05, 3.63) is 71.9 Å². The molecule has 23 heavy (non-hydrogen) atoms. The number of rotatable bonds is 7. The molecule has 3 rings (SSSR count). The fraction of sp³-hybridized carbons (Fsp3) is 0.300. The second-order valence-corrected chi connectivity index (χ2v) is 5.95. The Morgan fingerprint density at radius 1 is 1.04 bits per heavy atom. The van der Waals surface area contributed by atoms with Gasteiger partial charge in [0, 0.05) is 36.2 Å². The van der Waals surface area contributed by atoms with Gasteiger partial charge in [-0.3, -0.25) is 0 Å². The summed E-state index contributed by atoms with van der Waals surface area (Å²) in [6.45, 7) is 3.92. The van der Waals surface area contributed by atoms with Gasteiger partial charge in [0.15, 0.2) is 0 Å². The Labute approximate surface area is 137 Å². The van der Waals surface area contributed by atoms with Crippen molar-refractivity contribution in [2.75, 3.05) is 6.61 Å². The van der Waals surface area contributed by atoms with Crippen molar-refractivity contribution in [3.8, 4) is 0 Å². The molecule has 0 saturated carbocycles. The lowest BCUT2D eigenvalue weighted by Crippen LogP contribution is -2.31. The maximum absolute atomic E-state index is 9.35. The summed E-state index contributed by atoms with van der Waals surface area (Å²) in [4.78, 5) is 0. The second-order valence-electron chi connectivity index (χ2n) is 5.95. The van der Waals surface area contributed by atoms with Crippen LogP contribution in [-0.2, 0) is 13.1 Å². The standard InChI is InChI=1S/C20H24N2O/c1-2-18(15-23)21-12-17-14-22(13-16-8-4-3-5-9-16)20-11-7-6-10-19(17)20/h3-11,14,18,21,23H,2,12-13,15H2,1H3/t18-/m1/s1. The Morgan fingerprint density at radius 3 is 2.52 bits per heavy atom. The van der Waals surface area contributed by atoms with Gasteiger partial charge in [-0.05, 0) is 23.6 Å². The van der Waals surface area contributed by atoms with Crippen molar-refractivity contribution in [2.45, 2.75) is 32.5 Å². The summed E-state index contributed by atoms with van der Waals surface area (Å²) < 4.78 is 2.31. The van der Waals surface area contributed by atoms with E-state index >= 15 is 0 Å². The third kappa shape index (κ3) is 3.63. The Morgan fingerprint density at radius 2 is 1.78 bits per heavy atom. The molecule has 0 aliphatic carbocycles. The van der Waals surface area contributed by atoms with Gasteiger partial charge in [-0.1, -0.05) is 55.5 Å². The van der Waals surface area contributed by atoms with E-state index in [0.29, 0.717) is 0 Å². The Balaban J connectivity index is 1.87. The number of benzene rings is 2. The summed E-state index contributed by atoms with van der Waals surface area (Å²) >= 11 is 0. The van der Waals surface area contributed by atoms with E-state index in [-0.39, 0.29) is 12.6 Å². The molecular formula is C20H24N2O. The number of hydrogen-bond donors (Lipinski definition) is 2. The monoisotopic (exact) mass is 308 g/mol. The topological polar surface area (TPSA) is 37.2 Å². The molecule has 0 saturated heterocycles. The van der Waals surface area contributed by atoms with E-state index in [1.165, 1.54) is 22.0 Å². The van der Waals surface area contributed by atoms with E-state index in [2.05, 4.69) is 71.5 Å². The summed E-state index contributed by atoms with van der Waals surface area (Å²) in [7, 11) is 0. The molecule has 0 aliphatic heterocycles. The minimum absolute atomic E-state index is 0.159. The van der Waals surface area contributed by atoms with Crippen LogP contribution >= 0.6 is 0 Å². The molecule has 0 amide bonds. The smallest absolute Gasteiger partial charge is 0.0584 e. The molecule has 0 aliphatic rings. The van der Waals surface area contributed by atoms with E-state index in [4.69, 9.17) is 0 Å². The van der Waals surface area contributed by atoms with Crippen LogP contribution in [0.4, 0.5) is 0 Å². The Hall–Kier alpha value is -2.10. The highest BCUT2D eigenvalue weighted by atomic mass is 16.3. The average molecular weight is 308 g/mol. The van der Waals surface area contributed by atoms with Crippen LogP contribution in [0.5, 0.6) is 0 Å². The van der Waals surface area contributed by atoms with Gasteiger partial charge < -0.3 is 15.0 Å². The summed E-state index contributed by atoms with van der Waals surface area (Å²) in [6.07, 6.45) is 3.16. The van der Waals surface area contributed by atoms with Crippen LogP contribution in [0, 0.1) is 0 Å². The molecule has 3 nitrogen and oxygen atoms in total. The molecule has 0 radical (unpaired) electrons. The van der Waals surface area contributed by atoms with E-state index in [9.17, 15) is 5.11 Å². The third-order valence-corrected chi connectivity index (χ3v) is 4.36. The maximum Gasteiger partial charge on any atom is 0.0584 e. The zero-order valence-corrected chi connectivity index (χ0v) is 13.6. The van der Waals surface area contributed by atoms with Gasteiger partial charge in [0.1, 0.15) is 0 Å². The molecule has 1 heterocycles. The quantitative estimate of drug-likeness (QED) is 0.700. The minimum atomic E-state index is 0.159. The van der Waals surface area contributed by atoms with Gasteiger partial charge in [-0.15, -0.1) is 0 Å². The zero-order chi connectivity index (χ0) is 16.1. The number of aliphatic hydroxyl groups is 1. The van der Waals surface area contributed by atoms with Crippen LogP contribution in [0.15, 0.2) is 60.8 Å². The summed E-state index contributed by atoms with van der Waals surface area (Å²) in [5.41, 5.74) is 3.84. The predicted octanol–water partition coefficient (Wildman–Crippen LogP) is 3.55. The van der Waals surface area contributed by atoms with Crippen molar-refractivity contribution in [1.29, 1.82) is 0 Å².